The highest BCUT2D eigenvalue weighted by Gasteiger charge is 2.13. The normalized spacial score (nSPS) is 10.5. The predicted molar refractivity (Wildman–Crippen MR) is 121 cm³/mol. The first-order valence-corrected chi connectivity index (χ1v) is 9.59. The molecule has 0 saturated heterocycles. The number of esters is 1. The SMILES string of the molecule is O=C(C=CC=C(c1cccc([N+](=O)[O-])c1)c1cccc([N+](=O)[O-])c1)Oc1ccc([N+](=O)[O-])cc1. The van der Waals surface area contributed by atoms with Crippen molar-refractivity contribution in [1.29, 1.82) is 0 Å². The number of carbonyl (C=O) groups is 1. The highest BCUT2D eigenvalue weighted by molar-refractivity contribution is 5.87. The molecule has 11 heteroatoms. The first kappa shape index (κ1) is 23.5. The van der Waals surface area contributed by atoms with Gasteiger partial charge in [0.15, 0.2) is 0 Å². The summed E-state index contributed by atoms with van der Waals surface area (Å²) >= 11 is 0. The molecule has 170 valence electrons. The lowest BCUT2D eigenvalue weighted by atomic mass is 9.96. The Morgan fingerprint density at radius 3 is 1.68 bits per heavy atom. The van der Waals surface area contributed by atoms with E-state index in [-0.39, 0.29) is 22.8 Å². The zero-order valence-electron chi connectivity index (χ0n) is 17.3. The highest BCUT2D eigenvalue weighted by Crippen LogP contribution is 2.28. The molecule has 0 saturated carbocycles. The van der Waals surface area contributed by atoms with Gasteiger partial charge in [-0.2, -0.15) is 0 Å². The van der Waals surface area contributed by atoms with Crippen LogP contribution in [-0.4, -0.2) is 20.7 Å². The summed E-state index contributed by atoms with van der Waals surface area (Å²) in [6.45, 7) is 0. The number of allylic oxidation sites excluding steroid dienone is 2. The standard InChI is InChI=1S/C23H15N3O8/c27-23(34-21-12-10-18(11-13-21)24(28)29)9-3-8-22(16-4-1-6-19(14-16)25(30)31)17-5-2-7-20(15-17)26(32)33/h1-15H. The summed E-state index contributed by atoms with van der Waals surface area (Å²) in [7, 11) is 0. The molecule has 0 unspecified atom stereocenters. The topological polar surface area (TPSA) is 156 Å². The Labute approximate surface area is 191 Å². The fourth-order valence-electron chi connectivity index (χ4n) is 2.94. The van der Waals surface area contributed by atoms with Gasteiger partial charge in [-0.05, 0) is 28.8 Å². The van der Waals surface area contributed by atoms with Crippen LogP contribution in [0.4, 0.5) is 17.1 Å². The second kappa shape index (κ2) is 10.4. The quantitative estimate of drug-likeness (QED) is 0.113. The van der Waals surface area contributed by atoms with E-state index in [9.17, 15) is 35.1 Å². The third kappa shape index (κ3) is 5.95. The van der Waals surface area contributed by atoms with Crippen LogP contribution in [0, 0.1) is 30.3 Å². The first-order chi connectivity index (χ1) is 16.2. The molecular weight excluding hydrogens is 446 g/mol. The number of rotatable bonds is 8. The summed E-state index contributed by atoms with van der Waals surface area (Å²) in [5.41, 5.74) is 0.709. The minimum atomic E-state index is -0.775. The van der Waals surface area contributed by atoms with E-state index in [1.165, 1.54) is 72.8 Å². The number of nitro groups is 3. The Morgan fingerprint density at radius 1 is 0.706 bits per heavy atom. The van der Waals surface area contributed by atoms with Crippen LogP contribution in [0.1, 0.15) is 11.1 Å². The van der Waals surface area contributed by atoms with Gasteiger partial charge in [-0.25, -0.2) is 4.79 Å². The van der Waals surface area contributed by atoms with E-state index in [1.54, 1.807) is 12.1 Å². The Bertz CT molecular complexity index is 1270. The van der Waals surface area contributed by atoms with Crippen molar-refractivity contribution >= 4 is 28.6 Å². The number of hydrogen-bond donors (Lipinski definition) is 0. The second-order valence-corrected chi connectivity index (χ2v) is 6.73. The van der Waals surface area contributed by atoms with E-state index in [1.807, 2.05) is 0 Å². The number of benzene rings is 3. The lowest BCUT2D eigenvalue weighted by Gasteiger charge is -2.08. The average molecular weight is 461 g/mol. The van der Waals surface area contributed by atoms with E-state index >= 15 is 0 Å². The molecule has 0 aliphatic carbocycles. The zero-order chi connectivity index (χ0) is 24.7. The summed E-state index contributed by atoms with van der Waals surface area (Å²) in [6, 6.07) is 16.3. The zero-order valence-corrected chi connectivity index (χ0v) is 17.3. The van der Waals surface area contributed by atoms with Crippen LogP contribution < -0.4 is 4.74 Å². The molecule has 0 aliphatic heterocycles. The van der Waals surface area contributed by atoms with Gasteiger partial charge in [0.1, 0.15) is 5.75 Å². The fourth-order valence-corrected chi connectivity index (χ4v) is 2.94. The van der Waals surface area contributed by atoms with Crippen LogP contribution in [0.2, 0.25) is 0 Å². The summed E-state index contributed by atoms with van der Waals surface area (Å²) < 4.78 is 5.09. The fraction of sp³-hybridized carbons (Fsp3) is 0. The Morgan fingerprint density at radius 2 is 1.21 bits per heavy atom. The minimum absolute atomic E-state index is 0.0989. The number of non-ortho nitro benzene ring substituents is 3. The smallest absolute Gasteiger partial charge is 0.336 e. The van der Waals surface area contributed by atoms with Crippen LogP contribution in [0.3, 0.4) is 0 Å². The third-order valence-electron chi connectivity index (χ3n) is 4.50. The van der Waals surface area contributed by atoms with Gasteiger partial charge in [-0.1, -0.05) is 36.4 Å². The van der Waals surface area contributed by atoms with Crippen molar-refractivity contribution in [3.8, 4) is 5.75 Å². The summed E-state index contributed by atoms with van der Waals surface area (Å²) in [4.78, 5) is 43.5. The molecule has 0 fully saturated rings. The van der Waals surface area contributed by atoms with Gasteiger partial charge >= 0.3 is 5.97 Å². The molecule has 34 heavy (non-hydrogen) atoms. The van der Waals surface area contributed by atoms with Crippen molar-refractivity contribution in [3.05, 3.63) is 132 Å². The van der Waals surface area contributed by atoms with E-state index in [4.69, 9.17) is 4.74 Å². The maximum absolute atomic E-state index is 12.1. The maximum atomic E-state index is 12.1. The van der Waals surface area contributed by atoms with Gasteiger partial charge in [0, 0.05) is 42.5 Å². The predicted octanol–water partition coefficient (Wildman–Crippen LogP) is 5.00. The number of hydrogen-bond acceptors (Lipinski definition) is 8. The van der Waals surface area contributed by atoms with Gasteiger partial charge in [-0.3, -0.25) is 30.3 Å². The molecule has 3 aromatic carbocycles. The lowest BCUT2D eigenvalue weighted by Crippen LogP contribution is -2.03. The third-order valence-corrected chi connectivity index (χ3v) is 4.50. The molecule has 3 rings (SSSR count). The molecule has 11 nitrogen and oxygen atoms in total. The first-order valence-electron chi connectivity index (χ1n) is 9.59. The van der Waals surface area contributed by atoms with Crippen molar-refractivity contribution in [2.45, 2.75) is 0 Å². The van der Waals surface area contributed by atoms with Gasteiger partial charge < -0.3 is 4.74 Å². The van der Waals surface area contributed by atoms with Crippen LogP contribution in [-0.2, 0) is 4.79 Å². The monoisotopic (exact) mass is 461 g/mol. The van der Waals surface area contributed by atoms with Gasteiger partial charge in [0.25, 0.3) is 17.1 Å². The Hall–Kier alpha value is -5.19. The molecule has 0 heterocycles. The number of nitro benzene ring substituents is 3. The Kier molecular flexibility index (Phi) is 7.19. The van der Waals surface area contributed by atoms with Crippen LogP contribution >= 0.6 is 0 Å². The molecule has 0 radical (unpaired) electrons. The number of nitrogens with zero attached hydrogens (tertiary/aromatic N) is 3. The second-order valence-electron chi connectivity index (χ2n) is 6.73. The number of carbonyl (C=O) groups excluding carboxylic acids is 1. The van der Waals surface area contributed by atoms with Crippen LogP contribution in [0.5, 0.6) is 5.75 Å². The number of ether oxygens (including phenoxy) is 1. The van der Waals surface area contributed by atoms with Gasteiger partial charge in [-0.15, -0.1) is 0 Å². The van der Waals surface area contributed by atoms with Crippen molar-refractivity contribution in [2.75, 3.05) is 0 Å². The average Bonchev–Trinajstić information content (AvgIpc) is 2.82. The molecule has 0 N–H and O–H groups in total. The van der Waals surface area contributed by atoms with E-state index in [0.717, 1.165) is 6.08 Å². The molecule has 0 amide bonds. The Balaban J connectivity index is 1.91. The molecule has 0 aliphatic rings. The lowest BCUT2D eigenvalue weighted by molar-refractivity contribution is -0.385. The van der Waals surface area contributed by atoms with Crippen molar-refractivity contribution in [2.24, 2.45) is 0 Å². The molecular formula is C23H15N3O8. The van der Waals surface area contributed by atoms with Crippen molar-refractivity contribution < 1.29 is 24.3 Å². The summed E-state index contributed by atoms with van der Waals surface area (Å²) in [5, 5.41) is 33.0. The van der Waals surface area contributed by atoms with E-state index in [2.05, 4.69) is 0 Å². The van der Waals surface area contributed by atoms with Gasteiger partial charge in [0.05, 0.1) is 14.8 Å². The highest BCUT2D eigenvalue weighted by atomic mass is 16.6. The maximum Gasteiger partial charge on any atom is 0.336 e. The van der Waals surface area contributed by atoms with Crippen molar-refractivity contribution in [1.82, 2.24) is 0 Å². The molecule has 0 bridgehead atoms. The van der Waals surface area contributed by atoms with E-state index < -0.39 is 20.7 Å². The molecule has 3 aromatic rings. The van der Waals surface area contributed by atoms with Crippen molar-refractivity contribution in [3.63, 3.8) is 0 Å². The summed E-state index contributed by atoms with van der Waals surface area (Å²) in [6.07, 6.45) is 3.88. The van der Waals surface area contributed by atoms with Crippen LogP contribution in [0.15, 0.2) is 91.0 Å². The molecule has 0 spiro atoms. The van der Waals surface area contributed by atoms with E-state index in [0.29, 0.717) is 16.7 Å². The van der Waals surface area contributed by atoms with Gasteiger partial charge in [0.2, 0.25) is 0 Å². The van der Waals surface area contributed by atoms with Crippen LogP contribution in [0.25, 0.3) is 5.57 Å². The molecule has 0 aromatic heterocycles. The largest absolute Gasteiger partial charge is 0.423 e. The molecule has 0 atom stereocenters. The summed E-state index contributed by atoms with van der Waals surface area (Å²) in [5.74, 6) is -0.677. The minimum Gasteiger partial charge on any atom is -0.423 e.